The summed E-state index contributed by atoms with van der Waals surface area (Å²) in [6.45, 7) is 0.366. The smallest absolute Gasteiger partial charge is 0.329 e. The van der Waals surface area contributed by atoms with Crippen LogP contribution in [0.5, 0.6) is 0 Å². The number of carboxylic acids is 1. The molecule has 8 nitrogen and oxygen atoms in total. The summed E-state index contributed by atoms with van der Waals surface area (Å²) in [5.74, 6) is -1.57. The van der Waals surface area contributed by atoms with Gasteiger partial charge < -0.3 is 20.5 Å². The van der Waals surface area contributed by atoms with Gasteiger partial charge in [-0.2, -0.15) is 0 Å². The first kappa shape index (κ1) is 14.8. The Labute approximate surface area is 120 Å². The Balaban J connectivity index is 1.86. The second-order valence-electron chi connectivity index (χ2n) is 4.37. The molecule has 8 heteroatoms. The second kappa shape index (κ2) is 6.71. The summed E-state index contributed by atoms with van der Waals surface area (Å²) in [6, 6.07) is 6.62. The number of anilines is 2. The van der Waals surface area contributed by atoms with Crippen molar-refractivity contribution in [1.82, 2.24) is 5.32 Å². The summed E-state index contributed by atoms with van der Waals surface area (Å²) in [5, 5.41) is 13.6. The molecule has 1 fully saturated rings. The maximum Gasteiger partial charge on any atom is 0.329 e. The van der Waals surface area contributed by atoms with Crippen molar-refractivity contribution in [2.75, 3.05) is 36.5 Å². The third-order valence-corrected chi connectivity index (χ3v) is 2.78. The molecule has 0 unspecified atom stereocenters. The molecule has 2 rings (SSSR count). The number of urea groups is 1. The molecule has 1 saturated heterocycles. The van der Waals surface area contributed by atoms with Crippen molar-refractivity contribution < 1.29 is 24.2 Å². The van der Waals surface area contributed by atoms with Crippen LogP contribution in [0.2, 0.25) is 0 Å². The highest BCUT2D eigenvalue weighted by atomic mass is 16.5. The number of aliphatic carboxylic acids is 1. The molecule has 0 radical (unpaired) electrons. The van der Waals surface area contributed by atoms with E-state index in [1.54, 1.807) is 29.2 Å². The van der Waals surface area contributed by atoms with Gasteiger partial charge in [0, 0.05) is 24.5 Å². The maximum atomic E-state index is 11.5. The Kier molecular flexibility index (Phi) is 4.72. The Hall–Kier alpha value is -2.61. The van der Waals surface area contributed by atoms with E-state index in [2.05, 4.69) is 15.4 Å². The molecule has 1 aliphatic heterocycles. The third-order valence-electron chi connectivity index (χ3n) is 2.78. The van der Waals surface area contributed by atoms with Crippen molar-refractivity contribution in [3.05, 3.63) is 24.3 Å². The highest BCUT2D eigenvalue weighted by Crippen LogP contribution is 2.19. The zero-order valence-electron chi connectivity index (χ0n) is 11.2. The maximum absolute atomic E-state index is 11.5. The van der Waals surface area contributed by atoms with Gasteiger partial charge in [0.1, 0.15) is 13.2 Å². The molecule has 1 aromatic carbocycles. The average Bonchev–Trinajstić information content (AvgIpc) is 2.85. The van der Waals surface area contributed by atoms with Gasteiger partial charge in [-0.25, -0.2) is 9.59 Å². The Morgan fingerprint density at radius 1 is 1.29 bits per heavy atom. The third kappa shape index (κ3) is 4.18. The minimum Gasteiger partial charge on any atom is -0.480 e. The number of nitrogens with zero attached hydrogens (tertiary/aromatic N) is 1. The van der Waals surface area contributed by atoms with Crippen molar-refractivity contribution in [3.8, 4) is 0 Å². The van der Waals surface area contributed by atoms with Crippen molar-refractivity contribution in [1.29, 1.82) is 0 Å². The van der Waals surface area contributed by atoms with Crippen LogP contribution in [0.15, 0.2) is 24.3 Å². The molecule has 21 heavy (non-hydrogen) atoms. The first-order valence-electron chi connectivity index (χ1n) is 6.31. The lowest BCUT2D eigenvalue weighted by Crippen LogP contribution is -2.27. The average molecular weight is 293 g/mol. The zero-order chi connectivity index (χ0) is 15.2. The summed E-state index contributed by atoms with van der Waals surface area (Å²) in [5.41, 5.74) is 1.28. The van der Waals surface area contributed by atoms with Crippen LogP contribution in [0.1, 0.15) is 0 Å². The standard InChI is InChI=1S/C13H15N3O5/c17-11(7-21-8-12(18)19)15-9-1-3-10(4-2-9)16-6-5-14-13(16)20/h1-4H,5-8H2,(H,14,20)(H,15,17)(H,18,19). The van der Waals surface area contributed by atoms with Gasteiger partial charge in [0.15, 0.2) is 0 Å². The first-order chi connectivity index (χ1) is 10.1. The van der Waals surface area contributed by atoms with Crippen LogP contribution >= 0.6 is 0 Å². The molecule has 0 bridgehead atoms. The number of carbonyl (C=O) groups is 3. The largest absolute Gasteiger partial charge is 0.480 e. The van der Waals surface area contributed by atoms with E-state index in [4.69, 9.17) is 5.11 Å². The van der Waals surface area contributed by atoms with Crippen LogP contribution in [-0.4, -0.2) is 49.3 Å². The molecule has 0 aliphatic carbocycles. The molecule has 1 heterocycles. The highest BCUT2D eigenvalue weighted by molar-refractivity contribution is 5.95. The number of ether oxygens (including phenoxy) is 1. The quantitative estimate of drug-likeness (QED) is 0.697. The molecule has 1 aromatic rings. The minimum atomic E-state index is -1.13. The second-order valence-corrected chi connectivity index (χ2v) is 4.37. The van der Waals surface area contributed by atoms with E-state index in [-0.39, 0.29) is 12.6 Å². The molecule has 3 N–H and O–H groups in total. The molecule has 3 amide bonds. The van der Waals surface area contributed by atoms with Gasteiger partial charge in [-0.1, -0.05) is 0 Å². The zero-order valence-corrected chi connectivity index (χ0v) is 11.2. The van der Waals surface area contributed by atoms with E-state index in [1.807, 2.05) is 0 Å². The van der Waals surface area contributed by atoms with Crippen LogP contribution < -0.4 is 15.5 Å². The van der Waals surface area contributed by atoms with Gasteiger partial charge in [0.25, 0.3) is 0 Å². The van der Waals surface area contributed by atoms with Crippen molar-refractivity contribution in [2.24, 2.45) is 0 Å². The van der Waals surface area contributed by atoms with E-state index in [9.17, 15) is 14.4 Å². The highest BCUT2D eigenvalue weighted by Gasteiger charge is 2.20. The minimum absolute atomic E-state index is 0.145. The molecule has 0 saturated carbocycles. The van der Waals surface area contributed by atoms with E-state index in [0.717, 1.165) is 5.69 Å². The Bertz CT molecular complexity index is 543. The molecule has 0 atom stereocenters. The lowest BCUT2D eigenvalue weighted by Gasteiger charge is -2.14. The SMILES string of the molecule is O=C(O)COCC(=O)Nc1ccc(N2CCNC2=O)cc1. The number of nitrogens with one attached hydrogen (secondary N) is 2. The van der Waals surface area contributed by atoms with Gasteiger partial charge in [0.2, 0.25) is 5.91 Å². The molecule has 112 valence electrons. The van der Waals surface area contributed by atoms with Crippen molar-refractivity contribution in [2.45, 2.75) is 0 Å². The van der Waals surface area contributed by atoms with Crippen LogP contribution in [0.4, 0.5) is 16.2 Å². The van der Waals surface area contributed by atoms with Crippen LogP contribution in [0.25, 0.3) is 0 Å². The number of carbonyl (C=O) groups excluding carboxylic acids is 2. The van der Waals surface area contributed by atoms with Crippen molar-refractivity contribution in [3.63, 3.8) is 0 Å². The fourth-order valence-electron chi connectivity index (χ4n) is 1.87. The van der Waals surface area contributed by atoms with Crippen LogP contribution in [-0.2, 0) is 14.3 Å². The number of benzene rings is 1. The van der Waals surface area contributed by atoms with E-state index in [1.165, 1.54) is 0 Å². The Morgan fingerprint density at radius 3 is 2.57 bits per heavy atom. The topological polar surface area (TPSA) is 108 Å². The fraction of sp³-hybridized carbons (Fsp3) is 0.308. The first-order valence-corrected chi connectivity index (χ1v) is 6.31. The molecular weight excluding hydrogens is 278 g/mol. The normalized spacial score (nSPS) is 13.9. The predicted octanol–water partition coefficient (Wildman–Crippen LogP) is 0.256. The van der Waals surface area contributed by atoms with Crippen molar-refractivity contribution >= 4 is 29.3 Å². The fourth-order valence-corrected chi connectivity index (χ4v) is 1.87. The lowest BCUT2D eigenvalue weighted by atomic mass is 10.2. The lowest BCUT2D eigenvalue weighted by molar-refractivity contribution is -0.143. The van der Waals surface area contributed by atoms with Crippen LogP contribution in [0, 0.1) is 0 Å². The molecule has 0 aromatic heterocycles. The van der Waals surface area contributed by atoms with Gasteiger partial charge in [0.05, 0.1) is 0 Å². The van der Waals surface area contributed by atoms with Crippen LogP contribution in [0.3, 0.4) is 0 Å². The number of rotatable bonds is 6. The number of amides is 3. The summed E-state index contributed by atoms with van der Waals surface area (Å²) < 4.78 is 4.68. The number of hydrogen-bond donors (Lipinski definition) is 3. The summed E-state index contributed by atoms with van der Waals surface area (Å²) >= 11 is 0. The van der Waals surface area contributed by atoms with E-state index < -0.39 is 18.5 Å². The van der Waals surface area contributed by atoms with Gasteiger partial charge in [-0.3, -0.25) is 9.69 Å². The summed E-state index contributed by atoms with van der Waals surface area (Å²) in [6.07, 6.45) is 0. The summed E-state index contributed by atoms with van der Waals surface area (Å²) in [4.78, 5) is 34.8. The summed E-state index contributed by atoms with van der Waals surface area (Å²) in [7, 11) is 0. The predicted molar refractivity (Wildman–Crippen MR) is 74.3 cm³/mol. The molecular formula is C13H15N3O5. The number of carboxylic acid groups (broad SMARTS) is 1. The van der Waals surface area contributed by atoms with E-state index in [0.29, 0.717) is 18.8 Å². The monoisotopic (exact) mass is 293 g/mol. The van der Waals surface area contributed by atoms with Gasteiger partial charge in [-0.05, 0) is 24.3 Å². The molecule has 1 aliphatic rings. The Morgan fingerprint density at radius 2 is 2.00 bits per heavy atom. The number of hydrogen-bond acceptors (Lipinski definition) is 4. The van der Waals surface area contributed by atoms with E-state index >= 15 is 0 Å². The molecule has 0 spiro atoms. The van der Waals surface area contributed by atoms with Gasteiger partial charge >= 0.3 is 12.0 Å². The van der Waals surface area contributed by atoms with Gasteiger partial charge in [-0.15, -0.1) is 0 Å².